The van der Waals surface area contributed by atoms with Crippen LogP contribution in [0, 0.1) is 0 Å². The van der Waals surface area contributed by atoms with Crippen LogP contribution in [0.4, 0.5) is 0 Å². The van der Waals surface area contributed by atoms with Gasteiger partial charge in [0.1, 0.15) is 5.84 Å². The molecule has 2 heterocycles. The predicted octanol–water partition coefficient (Wildman–Crippen LogP) is 1.80. The number of hydrogen-bond donors (Lipinski definition) is 1. The van der Waals surface area contributed by atoms with Crippen LogP contribution >= 0.6 is 0 Å². The molecule has 0 aromatic rings. The topological polar surface area (TPSA) is 35.8 Å². The summed E-state index contributed by atoms with van der Waals surface area (Å²) in [7, 11) is 0. The first-order valence-corrected chi connectivity index (χ1v) is 4.22. The zero-order valence-corrected chi connectivity index (χ0v) is 6.95. The monoisotopic (exact) mass is 164 g/mol. The average Bonchev–Trinajstić information content (AvgIpc) is 2.04. The van der Waals surface area contributed by atoms with Gasteiger partial charge in [-0.05, 0) is 12.8 Å². The number of nitrogens with zero attached hydrogens (tertiary/aromatic N) is 2. The predicted molar refractivity (Wildman–Crippen MR) is 47.8 cm³/mol. The Morgan fingerprint density at radius 3 is 3.17 bits per heavy atom. The van der Waals surface area contributed by atoms with E-state index in [0.29, 0.717) is 0 Å². The van der Waals surface area contributed by atoms with Gasteiger partial charge in [0.2, 0.25) is 5.88 Å². The first-order valence-electron chi connectivity index (χ1n) is 4.22. The van der Waals surface area contributed by atoms with E-state index in [1.165, 1.54) is 6.42 Å². The Morgan fingerprint density at radius 2 is 2.33 bits per heavy atom. The number of hydrogen-bond acceptors (Lipinski definition) is 3. The van der Waals surface area contributed by atoms with Crippen LogP contribution < -0.4 is 0 Å². The number of aliphatic hydroxyl groups is 1. The summed E-state index contributed by atoms with van der Waals surface area (Å²) in [5.41, 5.74) is 0.859. The van der Waals surface area contributed by atoms with E-state index in [1.807, 2.05) is 0 Å². The number of aliphatic imine (C=N–C) groups is 1. The number of fused-ring (bicyclic) bond motifs is 1. The number of rotatable bonds is 0. The standard InChI is InChI=1S/C9H12N2O/c1-7-6-9(12)10-8-4-2-3-5-11(7)8/h6,12H,1-5H2. The molecule has 0 aromatic heterocycles. The van der Waals surface area contributed by atoms with E-state index in [4.69, 9.17) is 0 Å². The van der Waals surface area contributed by atoms with Crippen LogP contribution in [-0.4, -0.2) is 22.4 Å². The van der Waals surface area contributed by atoms with Crippen molar-refractivity contribution in [2.45, 2.75) is 19.3 Å². The van der Waals surface area contributed by atoms with Crippen molar-refractivity contribution in [1.29, 1.82) is 0 Å². The third-order valence-electron chi connectivity index (χ3n) is 2.23. The van der Waals surface area contributed by atoms with Gasteiger partial charge < -0.3 is 10.0 Å². The molecule has 0 bridgehead atoms. The van der Waals surface area contributed by atoms with E-state index >= 15 is 0 Å². The quantitative estimate of drug-likeness (QED) is 0.592. The molecule has 0 saturated carbocycles. The lowest BCUT2D eigenvalue weighted by molar-refractivity contribution is 0.377. The molecule has 0 aromatic carbocycles. The normalized spacial score (nSPS) is 23.0. The highest BCUT2D eigenvalue weighted by Gasteiger charge is 2.21. The average molecular weight is 164 g/mol. The van der Waals surface area contributed by atoms with Gasteiger partial charge >= 0.3 is 0 Å². The minimum Gasteiger partial charge on any atom is -0.493 e. The first kappa shape index (κ1) is 7.40. The third kappa shape index (κ3) is 1.11. The summed E-state index contributed by atoms with van der Waals surface area (Å²) in [6.45, 7) is 4.85. The number of aliphatic hydroxyl groups excluding tert-OH is 1. The summed E-state index contributed by atoms with van der Waals surface area (Å²) >= 11 is 0. The maximum absolute atomic E-state index is 9.20. The Labute approximate surface area is 71.7 Å². The highest BCUT2D eigenvalue weighted by atomic mass is 16.3. The smallest absolute Gasteiger partial charge is 0.214 e. The lowest BCUT2D eigenvalue weighted by Crippen LogP contribution is -2.35. The summed E-state index contributed by atoms with van der Waals surface area (Å²) < 4.78 is 0. The minimum atomic E-state index is 0.0909. The zero-order chi connectivity index (χ0) is 8.55. The van der Waals surface area contributed by atoms with Gasteiger partial charge in [0.25, 0.3) is 0 Å². The largest absolute Gasteiger partial charge is 0.493 e. The molecule has 1 fully saturated rings. The van der Waals surface area contributed by atoms with Crippen molar-refractivity contribution in [3.63, 3.8) is 0 Å². The summed E-state index contributed by atoms with van der Waals surface area (Å²) in [6.07, 6.45) is 4.91. The van der Waals surface area contributed by atoms with Gasteiger partial charge in [-0.15, -0.1) is 0 Å². The van der Waals surface area contributed by atoms with Crippen molar-refractivity contribution in [3.05, 3.63) is 24.2 Å². The van der Waals surface area contributed by atoms with E-state index in [0.717, 1.165) is 30.9 Å². The molecule has 2 rings (SSSR count). The molecule has 64 valence electrons. The van der Waals surface area contributed by atoms with Gasteiger partial charge in [-0.2, -0.15) is 0 Å². The maximum Gasteiger partial charge on any atom is 0.214 e. The minimum absolute atomic E-state index is 0.0909. The maximum atomic E-state index is 9.20. The van der Waals surface area contributed by atoms with Crippen LogP contribution in [0.15, 0.2) is 29.2 Å². The molecule has 1 saturated heterocycles. The van der Waals surface area contributed by atoms with Crippen LogP contribution in [0.25, 0.3) is 0 Å². The number of allylic oxidation sites excluding steroid dienone is 1. The van der Waals surface area contributed by atoms with Crippen molar-refractivity contribution in [3.8, 4) is 0 Å². The highest BCUT2D eigenvalue weighted by Crippen LogP contribution is 2.22. The zero-order valence-electron chi connectivity index (χ0n) is 6.95. The summed E-state index contributed by atoms with van der Waals surface area (Å²) in [6, 6.07) is 0. The molecule has 2 aliphatic heterocycles. The second kappa shape index (κ2) is 2.66. The summed E-state index contributed by atoms with van der Waals surface area (Å²) in [4.78, 5) is 6.13. The van der Waals surface area contributed by atoms with E-state index in [2.05, 4.69) is 16.5 Å². The lowest BCUT2D eigenvalue weighted by atomic mass is 10.1. The van der Waals surface area contributed by atoms with Crippen LogP contribution in [0.5, 0.6) is 0 Å². The Bertz CT molecular complexity index is 278. The molecule has 0 spiro atoms. The Kier molecular flexibility index (Phi) is 1.64. The number of piperidine rings is 1. The fourth-order valence-corrected chi connectivity index (χ4v) is 1.63. The van der Waals surface area contributed by atoms with E-state index in [9.17, 15) is 5.11 Å². The Morgan fingerprint density at radius 1 is 1.50 bits per heavy atom. The third-order valence-corrected chi connectivity index (χ3v) is 2.23. The summed E-state index contributed by atoms with van der Waals surface area (Å²) in [5.74, 6) is 1.06. The first-order chi connectivity index (χ1) is 5.77. The lowest BCUT2D eigenvalue weighted by Gasteiger charge is -2.32. The molecule has 0 amide bonds. The molecule has 0 radical (unpaired) electrons. The van der Waals surface area contributed by atoms with Crippen molar-refractivity contribution >= 4 is 5.84 Å². The van der Waals surface area contributed by atoms with Crippen molar-refractivity contribution < 1.29 is 5.11 Å². The summed E-state index contributed by atoms with van der Waals surface area (Å²) in [5, 5.41) is 9.20. The Balaban J connectivity index is 2.29. The number of amidine groups is 1. The van der Waals surface area contributed by atoms with Gasteiger partial charge in [-0.1, -0.05) is 6.58 Å². The molecule has 0 atom stereocenters. The van der Waals surface area contributed by atoms with Crippen molar-refractivity contribution in [1.82, 2.24) is 4.90 Å². The molecule has 3 heteroatoms. The molecular formula is C9H12N2O. The second-order valence-electron chi connectivity index (χ2n) is 3.13. The molecule has 0 aliphatic carbocycles. The van der Waals surface area contributed by atoms with E-state index in [-0.39, 0.29) is 5.88 Å². The highest BCUT2D eigenvalue weighted by molar-refractivity contribution is 5.86. The van der Waals surface area contributed by atoms with Gasteiger partial charge in [-0.25, -0.2) is 4.99 Å². The van der Waals surface area contributed by atoms with Gasteiger partial charge in [-0.3, -0.25) is 0 Å². The van der Waals surface area contributed by atoms with Crippen LogP contribution in [-0.2, 0) is 0 Å². The molecule has 0 unspecified atom stereocenters. The Hall–Kier alpha value is -1.25. The van der Waals surface area contributed by atoms with E-state index in [1.54, 1.807) is 6.08 Å². The molecule has 1 N–H and O–H groups in total. The van der Waals surface area contributed by atoms with Crippen LogP contribution in [0.1, 0.15) is 19.3 Å². The SMILES string of the molecule is C=C1C=C(O)N=C2CCCCN12. The van der Waals surface area contributed by atoms with Crippen molar-refractivity contribution in [2.24, 2.45) is 4.99 Å². The van der Waals surface area contributed by atoms with Crippen molar-refractivity contribution in [2.75, 3.05) is 6.54 Å². The molecule has 3 nitrogen and oxygen atoms in total. The van der Waals surface area contributed by atoms with Crippen LogP contribution in [0.3, 0.4) is 0 Å². The fourth-order valence-electron chi connectivity index (χ4n) is 1.63. The van der Waals surface area contributed by atoms with E-state index < -0.39 is 0 Å². The van der Waals surface area contributed by atoms with Gasteiger partial charge in [0.05, 0.1) is 0 Å². The second-order valence-corrected chi connectivity index (χ2v) is 3.13. The molecular weight excluding hydrogens is 152 g/mol. The molecule has 2 aliphatic rings. The fraction of sp³-hybridized carbons (Fsp3) is 0.444. The van der Waals surface area contributed by atoms with Crippen LogP contribution in [0.2, 0.25) is 0 Å². The van der Waals surface area contributed by atoms with Gasteiger partial charge in [0.15, 0.2) is 0 Å². The molecule has 12 heavy (non-hydrogen) atoms. The van der Waals surface area contributed by atoms with Gasteiger partial charge in [0, 0.05) is 24.7 Å².